The van der Waals surface area contributed by atoms with E-state index in [1.54, 1.807) is 18.2 Å². The Morgan fingerprint density at radius 3 is 2.35 bits per heavy atom. The summed E-state index contributed by atoms with van der Waals surface area (Å²) in [5, 5.41) is 0. The number of amides is 2. The summed E-state index contributed by atoms with van der Waals surface area (Å²) >= 11 is 0. The minimum atomic E-state index is 0.00491. The molecule has 0 aromatic heterocycles. The highest BCUT2D eigenvalue weighted by Gasteiger charge is 2.26. The Kier molecular flexibility index (Phi) is 4.97. The fraction of sp³-hybridized carbons (Fsp3) is 0.579. The van der Waals surface area contributed by atoms with Crippen LogP contribution in [0.4, 0.5) is 0 Å². The molecule has 3 heterocycles. The number of piperidine rings is 1. The van der Waals surface area contributed by atoms with Gasteiger partial charge in [-0.25, -0.2) is 0 Å². The number of rotatable bonds is 3. The minimum absolute atomic E-state index is 0.00491. The highest BCUT2D eigenvalue weighted by atomic mass is 16.7. The van der Waals surface area contributed by atoms with Crippen molar-refractivity contribution in [2.45, 2.75) is 19.3 Å². The summed E-state index contributed by atoms with van der Waals surface area (Å²) < 4.78 is 10.6. The number of fused-ring (bicyclic) bond motifs is 1. The molecule has 0 spiro atoms. The lowest BCUT2D eigenvalue weighted by Crippen LogP contribution is -2.52. The molecule has 0 unspecified atom stereocenters. The summed E-state index contributed by atoms with van der Waals surface area (Å²) in [5.41, 5.74) is 0.618. The third-order valence-corrected chi connectivity index (χ3v) is 5.35. The minimum Gasteiger partial charge on any atom is -0.454 e. The maximum absolute atomic E-state index is 12.7. The lowest BCUT2D eigenvalue weighted by atomic mass is 10.1. The van der Waals surface area contributed by atoms with E-state index < -0.39 is 0 Å². The summed E-state index contributed by atoms with van der Waals surface area (Å²) in [6.07, 6.45) is 3.46. The third-order valence-electron chi connectivity index (χ3n) is 5.35. The molecular weight excluding hydrogens is 334 g/mol. The van der Waals surface area contributed by atoms with Crippen molar-refractivity contribution in [3.05, 3.63) is 23.8 Å². The number of benzene rings is 1. The Morgan fingerprint density at radius 1 is 0.846 bits per heavy atom. The van der Waals surface area contributed by atoms with Crippen molar-refractivity contribution in [2.75, 3.05) is 52.6 Å². The number of ether oxygens (including phenoxy) is 2. The first kappa shape index (κ1) is 17.1. The summed E-state index contributed by atoms with van der Waals surface area (Å²) in [6, 6.07) is 5.31. The van der Waals surface area contributed by atoms with Gasteiger partial charge in [0.15, 0.2) is 11.5 Å². The maximum Gasteiger partial charge on any atom is 0.254 e. The first-order chi connectivity index (χ1) is 12.7. The fourth-order valence-corrected chi connectivity index (χ4v) is 3.76. The van der Waals surface area contributed by atoms with Crippen LogP contribution in [0.2, 0.25) is 0 Å². The summed E-state index contributed by atoms with van der Waals surface area (Å²) in [5.74, 6) is 1.54. The smallest absolute Gasteiger partial charge is 0.254 e. The van der Waals surface area contributed by atoms with Crippen molar-refractivity contribution in [3.63, 3.8) is 0 Å². The topological polar surface area (TPSA) is 62.3 Å². The molecule has 1 aromatic rings. The molecule has 2 amide bonds. The average molecular weight is 359 g/mol. The molecule has 3 aliphatic heterocycles. The molecule has 3 aliphatic rings. The van der Waals surface area contributed by atoms with E-state index in [1.807, 2.05) is 9.80 Å². The zero-order chi connectivity index (χ0) is 17.9. The van der Waals surface area contributed by atoms with Crippen molar-refractivity contribution in [3.8, 4) is 11.5 Å². The second-order valence-corrected chi connectivity index (χ2v) is 7.08. The average Bonchev–Trinajstić information content (AvgIpc) is 3.16. The largest absolute Gasteiger partial charge is 0.454 e. The second kappa shape index (κ2) is 7.53. The summed E-state index contributed by atoms with van der Waals surface area (Å²) in [6.45, 7) is 5.19. The molecule has 26 heavy (non-hydrogen) atoms. The molecule has 4 rings (SSSR count). The van der Waals surface area contributed by atoms with E-state index in [0.717, 1.165) is 39.0 Å². The van der Waals surface area contributed by atoms with Crippen molar-refractivity contribution in [1.82, 2.24) is 14.7 Å². The Morgan fingerprint density at radius 2 is 1.58 bits per heavy atom. The molecule has 2 saturated heterocycles. The Labute approximate surface area is 153 Å². The molecule has 7 nitrogen and oxygen atoms in total. The van der Waals surface area contributed by atoms with Gasteiger partial charge in [0, 0.05) is 44.8 Å². The van der Waals surface area contributed by atoms with Gasteiger partial charge < -0.3 is 19.3 Å². The van der Waals surface area contributed by atoms with Gasteiger partial charge in [-0.15, -0.1) is 0 Å². The molecular formula is C19H25N3O4. The van der Waals surface area contributed by atoms with Gasteiger partial charge in [0.25, 0.3) is 5.91 Å². The van der Waals surface area contributed by atoms with Gasteiger partial charge in [0.05, 0.1) is 6.54 Å². The van der Waals surface area contributed by atoms with Crippen molar-refractivity contribution >= 4 is 11.8 Å². The van der Waals surface area contributed by atoms with Gasteiger partial charge in [-0.2, -0.15) is 0 Å². The summed E-state index contributed by atoms with van der Waals surface area (Å²) in [7, 11) is 0. The molecule has 0 bridgehead atoms. The van der Waals surface area contributed by atoms with Crippen LogP contribution < -0.4 is 9.47 Å². The molecule has 2 fully saturated rings. The summed E-state index contributed by atoms with van der Waals surface area (Å²) in [4.78, 5) is 31.1. The van der Waals surface area contributed by atoms with Crippen molar-refractivity contribution < 1.29 is 19.1 Å². The van der Waals surface area contributed by atoms with Gasteiger partial charge in [-0.1, -0.05) is 0 Å². The lowest BCUT2D eigenvalue weighted by molar-refractivity contribution is -0.133. The van der Waals surface area contributed by atoms with Gasteiger partial charge in [0.1, 0.15) is 0 Å². The van der Waals surface area contributed by atoms with E-state index in [2.05, 4.69) is 4.90 Å². The highest BCUT2D eigenvalue weighted by Crippen LogP contribution is 2.32. The molecule has 7 heteroatoms. The van der Waals surface area contributed by atoms with Crippen molar-refractivity contribution in [2.24, 2.45) is 0 Å². The number of carbonyl (C=O) groups is 2. The van der Waals surface area contributed by atoms with Crippen LogP contribution in [0.25, 0.3) is 0 Å². The first-order valence-corrected chi connectivity index (χ1v) is 9.40. The van der Waals surface area contributed by atoms with E-state index in [1.165, 1.54) is 6.42 Å². The van der Waals surface area contributed by atoms with Crippen LogP contribution in [0.3, 0.4) is 0 Å². The maximum atomic E-state index is 12.7. The monoisotopic (exact) mass is 359 g/mol. The number of carbonyl (C=O) groups excluding carboxylic acids is 2. The van der Waals surface area contributed by atoms with Crippen LogP contribution in [0.5, 0.6) is 11.5 Å². The fourth-order valence-electron chi connectivity index (χ4n) is 3.76. The van der Waals surface area contributed by atoms with E-state index in [-0.39, 0.29) is 18.6 Å². The van der Waals surface area contributed by atoms with Crippen LogP contribution in [0.15, 0.2) is 18.2 Å². The Hall–Kier alpha value is -2.28. The van der Waals surface area contributed by atoms with Crippen LogP contribution in [0.1, 0.15) is 29.6 Å². The molecule has 0 radical (unpaired) electrons. The number of hydrogen-bond acceptors (Lipinski definition) is 5. The first-order valence-electron chi connectivity index (χ1n) is 9.40. The normalized spacial score (nSPS) is 20.3. The predicted octanol–water partition coefficient (Wildman–Crippen LogP) is 1.19. The van der Waals surface area contributed by atoms with Crippen LogP contribution in [0, 0.1) is 0 Å². The molecule has 0 N–H and O–H groups in total. The highest BCUT2D eigenvalue weighted by molar-refractivity contribution is 5.95. The van der Waals surface area contributed by atoms with Gasteiger partial charge >= 0.3 is 0 Å². The molecule has 0 saturated carbocycles. The van der Waals surface area contributed by atoms with E-state index >= 15 is 0 Å². The lowest BCUT2D eigenvalue weighted by Gasteiger charge is -2.36. The van der Waals surface area contributed by atoms with Gasteiger partial charge in [-0.3, -0.25) is 14.5 Å². The number of nitrogens with zero attached hydrogens (tertiary/aromatic N) is 3. The predicted molar refractivity (Wildman–Crippen MR) is 95.3 cm³/mol. The number of piperazine rings is 1. The quantitative estimate of drug-likeness (QED) is 0.811. The van der Waals surface area contributed by atoms with Crippen LogP contribution >= 0.6 is 0 Å². The molecule has 0 aliphatic carbocycles. The van der Waals surface area contributed by atoms with E-state index in [9.17, 15) is 9.59 Å². The third kappa shape index (κ3) is 3.62. The van der Waals surface area contributed by atoms with Crippen molar-refractivity contribution in [1.29, 1.82) is 0 Å². The Balaban J connectivity index is 1.29. The number of likely N-dealkylation sites (tertiary alicyclic amines) is 1. The van der Waals surface area contributed by atoms with Crippen LogP contribution in [-0.2, 0) is 4.79 Å². The van der Waals surface area contributed by atoms with Crippen LogP contribution in [-0.4, -0.2) is 79.1 Å². The zero-order valence-electron chi connectivity index (χ0n) is 15.0. The molecule has 1 aromatic carbocycles. The van der Waals surface area contributed by atoms with Gasteiger partial charge in [-0.05, 0) is 37.5 Å². The SMILES string of the molecule is O=C(CN1CCN(C(=O)c2ccc3c(c2)OCO3)CC1)N1CCCCC1. The standard InChI is InChI=1S/C19H25N3O4/c23-18(21-6-2-1-3-7-21)13-20-8-10-22(11-9-20)19(24)15-4-5-16-17(12-15)26-14-25-16/h4-5,12H,1-3,6-11,13-14H2. The van der Waals surface area contributed by atoms with Gasteiger partial charge in [0.2, 0.25) is 12.7 Å². The van der Waals surface area contributed by atoms with E-state index in [4.69, 9.17) is 9.47 Å². The Bertz CT molecular complexity index is 679. The molecule has 140 valence electrons. The van der Waals surface area contributed by atoms with E-state index in [0.29, 0.717) is 36.7 Å². The second-order valence-electron chi connectivity index (χ2n) is 7.08. The zero-order valence-corrected chi connectivity index (χ0v) is 15.0. The molecule has 0 atom stereocenters. The number of hydrogen-bond donors (Lipinski definition) is 0.